The number of amides is 1. The minimum absolute atomic E-state index is 0.0307. The summed E-state index contributed by atoms with van der Waals surface area (Å²) in [5, 5.41) is 0.483. The molecule has 1 aromatic rings. The first-order valence-electron chi connectivity index (χ1n) is 5.45. The number of primary amides is 1. The summed E-state index contributed by atoms with van der Waals surface area (Å²) in [5.74, 6) is -0.691. The minimum Gasteiger partial charge on any atom is -0.465 e. The van der Waals surface area contributed by atoms with Gasteiger partial charge in [0.1, 0.15) is 5.82 Å². The van der Waals surface area contributed by atoms with Crippen molar-refractivity contribution in [2.24, 2.45) is 5.73 Å². The highest BCUT2D eigenvalue weighted by Crippen LogP contribution is 2.23. The quantitative estimate of drug-likeness (QED) is 0.566. The lowest BCUT2D eigenvalue weighted by molar-refractivity contribution is -0.139. The molecule has 0 fully saturated rings. The van der Waals surface area contributed by atoms with Crippen LogP contribution >= 0.6 is 11.8 Å². The van der Waals surface area contributed by atoms with Crippen molar-refractivity contribution >= 4 is 29.5 Å². The molecule has 0 saturated carbocycles. The molecule has 100 valence electrons. The number of carbonyl (C=O) groups is 2. The Balaban J connectivity index is 2.85. The number of imidazole rings is 1. The Hall–Kier alpha value is -1.70. The van der Waals surface area contributed by atoms with Crippen molar-refractivity contribution in [2.75, 3.05) is 18.1 Å². The van der Waals surface area contributed by atoms with E-state index in [2.05, 4.69) is 4.98 Å². The van der Waals surface area contributed by atoms with Crippen molar-refractivity contribution in [3.05, 3.63) is 5.69 Å². The summed E-state index contributed by atoms with van der Waals surface area (Å²) < 4.78 is 6.43. The number of anilines is 1. The molecule has 18 heavy (non-hydrogen) atoms. The standard InChI is InChI=1S/C10H16N4O3S/c1-3-14-8(11)7(9(12)16)13-10(14)18-5-6(15)17-4-2/h3-5,11H2,1-2H3,(H2,12,16). The fourth-order valence-corrected chi connectivity index (χ4v) is 2.24. The van der Waals surface area contributed by atoms with Crippen LogP contribution in [0.4, 0.5) is 5.82 Å². The van der Waals surface area contributed by atoms with Crippen molar-refractivity contribution in [3.8, 4) is 0 Å². The summed E-state index contributed by atoms with van der Waals surface area (Å²) in [6.07, 6.45) is 0. The SMILES string of the molecule is CCOC(=O)CSc1nc(C(N)=O)c(N)n1CC. The van der Waals surface area contributed by atoms with E-state index in [0.717, 1.165) is 11.8 Å². The number of nitrogen functional groups attached to an aromatic ring is 1. The Morgan fingerprint density at radius 1 is 1.44 bits per heavy atom. The van der Waals surface area contributed by atoms with Crippen molar-refractivity contribution in [1.82, 2.24) is 9.55 Å². The Bertz CT molecular complexity index is 458. The number of aromatic nitrogens is 2. The first-order valence-corrected chi connectivity index (χ1v) is 6.44. The average molecular weight is 272 g/mol. The molecule has 0 bridgehead atoms. The molecule has 0 aromatic carbocycles. The second kappa shape index (κ2) is 6.29. The van der Waals surface area contributed by atoms with Crippen molar-refractivity contribution < 1.29 is 14.3 Å². The van der Waals surface area contributed by atoms with Gasteiger partial charge < -0.3 is 20.8 Å². The van der Waals surface area contributed by atoms with Gasteiger partial charge in [-0.15, -0.1) is 0 Å². The van der Waals surface area contributed by atoms with Gasteiger partial charge in [-0.3, -0.25) is 9.59 Å². The summed E-state index contributed by atoms with van der Waals surface area (Å²) in [4.78, 5) is 26.4. The van der Waals surface area contributed by atoms with Crippen LogP contribution < -0.4 is 11.5 Å². The van der Waals surface area contributed by atoms with E-state index in [4.69, 9.17) is 16.2 Å². The lowest BCUT2D eigenvalue weighted by Crippen LogP contribution is -2.14. The maximum Gasteiger partial charge on any atom is 0.316 e. The molecule has 0 atom stereocenters. The van der Waals surface area contributed by atoms with Crippen LogP contribution in [-0.2, 0) is 16.1 Å². The number of hydrogen-bond acceptors (Lipinski definition) is 6. The molecule has 1 rings (SSSR count). The average Bonchev–Trinajstić information content (AvgIpc) is 2.63. The van der Waals surface area contributed by atoms with Gasteiger partial charge in [-0.25, -0.2) is 4.98 Å². The smallest absolute Gasteiger partial charge is 0.316 e. The number of nitrogens with two attached hydrogens (primary N) is 2. The van der Waals surface area contributed by atoms with Crippen molar-refractivity contribution in [1.29, 1.82) is 0 Å². The van der Waals surface area contributed by atoms with Gasteiger partial charge in [0.05, 0.1) is 12.4 Å². The van der Waals surface area contributed by atoms with Gasteiger partial charge in [0.15, 0.2) is 10.9 Å². The molecule has 0 spiro atoms. The molecule has 0 aliphatic carbocycles. The van der Waals surface area contributed by atoms with E-state index in [9.17, 15) is 9.59 Å². The number of rotatable bonds is 6. The van der Waals surface area contributed by atoms with E-state index in [1.807, 2.05) is 6.92 Å². The molecule has 0 radical (unpaired) electrons. The molecule has 1 aromatic heterocycles. The highest BCUT2D eigenvalue weighted by Gasteiger charge is 2.18. The van der Waals surface area contributed by atoms with Gasteiger partial charge in [0.25, 0.3) is 5.91 Å². The monoisotopic (exact) mass is 272 g/mol. The number of carbonyl (C=O) groups excluding carboxylic acids is 2. The van der Waals surface area contributed by atoms with E-state index in [1.165, 1.54) is 0 Å². The van der Waals surface area contributed by atoms with Gasteiger partial charge in [-0.05, 0) is 13.8 Å². The Kier molecular flexibility index (Phi) is 5.02. The third-order valence-corrected chi connectivity index (χ3v) is 3.10. The van der Waals surface area contributed by atoms with Gasteiger partial charge in [-0.1, -0.05) is 11.8 Å². The van der Waals surface area contributed by atoms with Crippen molar-refractivity contribution in [2.45, 2.75) is 25.5 Å². The lowest BCUT2D eigenvalue weighted by Gasteiger charge is -2.05. The van der Waals surface area contributed by atoms with Gasteiger partial charge in [-0.2, -0.15) is 0 Å². The lowest BCUT2D eigenvalue weighted by atomic mass is 10.4. The molecule has 0 saturated heterocycles. The molecular weight excluding hydrogens is 256 g/mol. The zero-order valence-corrected chi connectivity index (χ0v) is 11.1. The molecular formula is C10H16N4O3S. The Labute approximate surface area is 109 Å². The molecule has 7 nitrogen and oxygen atoms in total. The van der Waals surface area contributed by atoms with Gasteiger partial charge >= 0.3 is 5.97 Å². The summed E-state index contributed by atoms with van der Waals surface area (Å²) in [6.45, 7) is 4.46. The minimum atomic E-state index is -0.683. The number of thioether (sulfide) groups is 1. The molecule has 1 heterocycles. The second-order valence-corrected chi connectivity index (χ2v) is 4.27. The molecule has 4 N–H and O–H groups in total. The van der Waals surface area contributed by atoms with Crippen LogP contribution in [-0.4, -0.2) is 33.8 Å². The molecule has 0 aliphatic heterocycles. The van der Waals surface area contributed by atoms with Gasteiger partial charge in [0.2, 0.25) is 0 Å². The van der Waals surface area contributed by atoms with E-state index in [0.29, 0.717) is 18.3 Å². The van der Waals surface area contributed by atoms with E-state index < -0.39 is 5.91 Å². The molecule has 8 heteroatoms. The third kappa shape index (κ3) is 3.16. The van der Waals surface area contributed by atoms with E-state index in [-0.39, 0.29) is 23.2 Å². The maximum absolute atomic E-state index is 11.2. The molecule has 0 aliphatic rings. The van der Waals surface area contributed by atoms with E-state index in [1.54, 1.807) is 11.5 Å². The fraction of sp³-hybridized carbons (Fsp3) is 0.500. The zero-order chi connectivity index (χ0) is 13.7. The van der Waals surface area contributed by atoms with Crippen LogP contribution in [0, 0.1) is 0 Å². The van der Waals surface area contributed by atoms with Crippen molar-refractivity contribution in [3.63, 3.8) is 0 Å². The number of ether oxygens (including phenoxy) is 1. The largest absolute Gasteiger partial charge is 0.465 e. The van der Waals surface area contributed by atoms with E-state index >= 15 is 0 Å². The number of nitrogens with zero attached hydrogens (tertiary/aromatic N) is 2. The first-order chi connectivity index (χ1) is 8.51. The molecule has 1 amide bonds. The summed E-state index contributed by atoms with van der Waals surface area (Å²) in [5.41, 5.74) is 10.9. The third-order valence-electron chi connectivity index (χ3n) is 2.15. The summed E-state index contributed by atoms with van der Waals surface area (Å²) in [6, 6.07) is 0. The second-order valence-electron chi connectivity index (χ2n) is 3.33. The topological polar surface area (TPSA) is 113 Å². The van der Waals surface area contributed by atoms with Crippen LogP contribution in [0.15, 0.2) is 5.16 Å². The van der Waals surface area contributed by atoms with Crippen LogP contribution in [0.25, 0.3) is 0 Å². The summed E-state index contributed by atoms with van der Waals surface area (Å²) in [7, 11) is 0. The van der Waals surface area contributed by atoms with Crippen LogP contribution in [0.5, 0.6) is 0 Å². The van der Waals surface area contributed by atoms with Crippen LogP contribution in [0.1, 0.15) is 24.3 Å². The number of esters is 1. The zero-order valence-electron chi connectivity index (χ0n) is 10.3. The highest BCUT2D eigenvalue weighted by atomic mass is 32.2. The summed E-state index contributed by atoms with van der Waals surface area (Å²) >= 11 is 1.16. The first kappa shape index (κ1) is 14.4. The maximum atomic E-state index is 11.2. The Morgan fingerprint density at radius 2 is 2.11 bits per heavy atom. The predicted octanol–water partition coefficient (Wildman–Crippen LogP) is 0.239. The Morgan fingerprint density at radius 3 is 2.61 bits per heavy atom. The fourth-order valence-electron chi connectivity index (χ4n) is 1.37. The highest BCUT2D eigenvalue weighted by molar-refractivity contribution is 7.99. The van der Waals surface area contributed by atoms with Crippen LogP contribution in [0.3, 0.4) is 0 Å². The molecule has 0 unspecified atom stereocenters. The van der Waals surface area contributed by atoms with Gasteiger partial charge in [0, 0.05) is 6.54 Å². The normalized spacial score (nSPS) is 10.3. The number of hydrogen-bond donors (Lipinski definition) is 2. The van der Waals surface area contributed by atoms with Crippen LogP contribution in [0.2, 0.25) is 0 Å². The predicted molar refractivity (Wildman–Crippen MR) is 68.2 cm³/mol.